The number of hydrogen-bond donors (Lipinski definition) is 0. The van der Waals surface area contributed by atoms with Crippen LogP contribution in [0.15, 0.2) is 59.9 Å². The van der Waals surface area contributed by atoms with E-state index in [2.05, 4.69) is 0 Å². The number of anilines is 1. The number of carbonyl (C=O) groups excluding carboxylic acids is 2. The molecule has 1 fully saturated rings. The van der Waals surface area contributed by atoms with Crippen molar-refractivity contribution in [3.05, 3.63) is 65.4 Å². The van der Waals surface area contributed by atoms with Gasteiger partial charge in [-0.3, -0.25) is 14.5 Å². The van der Waals surface area contributed by atoms with E-state index in [-0.39, 0.29) is 29.5 Å². The summed E-state index contributed by atoms with van der Waals surface area (Å²) in [5, 5.41) is 0.561. The van der Waals surface area contributed by atoms with Crippen LogP contribution in [0.4, 0.5) is 5.13 Å². The highest BCUT2D eigenvalue weighted by Crippen LogP contribution is 2.49. The van der Waals surface area contributed by atoms with E-state index in [4.69, 9.17) is 14.5 Å². The smallest absolute Gasteiger partial charge is 0.296 e. The van der Waals surface area contributed by atoms with Crippen LogP contribution in [-0.2, 0) is 14.3 Å². The zero-order chi connectivity index (χ0) is 22.5. The molecule has 3 heterocycles. The summed E-state index contributed by atoms with van der Waals surface area (Å²) in [6.45, 7) is 2.52. The van der Waals surface area contributed by atoms with Crippen molar-refractivity contribution in [1.29, 1.82) is 0 Å². The molecule has 3 aromatic rings. The van der Waals surface area contributed by atoms with Crippen LogP contribution >= 0.6 is 11.3 Å². The molecular weight excluding hydrogens is 436 g/mol. The van der Waals surface area contributed by atoms with Gasteiger partial charge in [-0.2, -0.15) is 0 Å². The highest BCUT2D eigenvalue weighted by atomic mass is 32.1. The Kier molecular flexibility index (Phi) is 4.94. The van der Waals surface area contributed by atoms with Gasteiger partial charge in [0, 0.05) is 0 Å². The number of benzene rings is 2. The molecule has 6 rings (SSSR count). The molecule has 7 heteroatoms. The number of ether oxygens (including phenoxy) is 2. The number of rotatable bonds is 4. The second kappa shape index (κ2) is 7.99. The van der Waals surface area contributed by atoms with Gasteiger partial charge in [0.15, 0.2) is 16.7 Å². The zero-order valence-electron chi connectivity index (χ0n) is 18.3. The molecule has 3 atom stereocenters. The Morgan fingerprint density at radius 3 is 2.76 bits per heavy atom. The third kappa shape index (κ3) is 3.25. The van der Waals surface area contributed by atoms with E-state index in [1.54, 1.807) is 4.90 Å². The van der Waals surface area contributed by atoms with Crippen LogP contribution in [0.3, 0.4) is 0 Å². The van der Waals surface area contributed by atoms with Crippen molar-refractivity contribution >= 4 is 38.4 Å². The summed E-state index contributed by atoms with van der Waals surface area (Å²) in [5.74, 6) is 0.602. The van der Waals surface area contributed by atoms with Crippen molar-refractivity contribution in [1.82, 2.24) is 4.98 Å². The number of ketones is 1. The van der Waals surface area contributed by atoms with Crippen molar-refractivity contribution in [2.24, 2.45) is 5.92 Å². The van der Waals surface area contributed by atoms with Crippen molar-refractivity contribution < 1.29 is 19.1 Å². The van der Waals surface area contributed by atoms with E-state index in [0.29, 0.717) is 17.3 Å². The summed E-state index contributed by atoms with van der Waals surface area (Å²) in [7, 11) is 0. The van der Waals surface area contributed by atoms with Gasteiger partial charge in [-0.15, -0.1) is 0 Å². The standard InChI is InChI=1S/C26H24N2O4S/c1-2-31-16-12-13-18-20(14-16)33-26(27-18)28-22(15-8-4-3-5-9-15)21-23(29)17-10-6-7-11-19(17)32-24(21)25(28)30/h3-5,8-9,12-14,17,19,22H,2,6-7,10-11H2,1H3. The van der Waals surface area contributed by atoms with Gasteiger partial charge in [0.25, 0.3) is 5.91 Å². The maximum absolute atomic E-state index is 13.7. The Bertz CT molecular complexity index is 1280. The maximum Gasteiger partial charge on any atom is 0.296 e. The fourth-order valence-corrected chi connectivity index (χ4v) is 6.27. The molecule has 3 unspecified atom stereocenters. The van der Waals surface area contributed by atoms with Gasteiger partial charge in [0.1, 0.15) is 11.9 Å². The minimum absolute atomic E-state index is 0.0606. The average molecular weight is 461 g/mol. The van der Waals surface area contributed by atoms with Crippen molar-refractivity contribution in [3.63, 3.8) is 0 Å². The predicted octanol–water partition coefficient (Wildman–Crippen LogP) is 5.20. The molecule has 0 N–H and O–H groups in total. The average Bonchev–Trinajstić information content (AvgIpc) is 3.38. The first-order valence-electron chi connectivity index (χ1n) is 11.5. The summed E-state index contributed by atoms with van der Waals surface area (Å²) in [6, 6.07) is 14.9. The third-order valence-electron chi connectivity index (χ3n) is 6.74. The fourth-order valence-electron chi connectivity index (χ4n) is 5.25. The minimum atomic E-state index is -0.531. The Morgan fingerprint density at radius 1 is 1.12 bits per heavy atom. The molecule has 168 valence electrons. The van der Waals surface area contributed by atoms with E-state index < -0.39 is 6.04 Å². The lowest BCUT2D eigenvalue weighted by Gasteiger charge is -2.35. The Morgan fingerprint density at radius 2 is 1.94 bits per heavy atom. The van der Waals surface area contributed by atoms with Gasteiger partial charge in [0.2, 0.25) is 0 Å². The Balaban J connectivity index is 1.47. The van der Waals surface area contributed by atoms with Gasteiger partial charge >= 0.3 is 0 Å². The lowest BCUT2D eigenvalue weighted by molar-refractivity contribution is -0.131. The zero-order valence-corrected chi connectivity index (χ0v) is 19.1. The molecule has 1 aliphatic carbocycles. The van der Waals surface area contributed by atoms with Gasteiger partial charge in [-0.05, 0) is 49.9 Å². The molecule has 1 saturated carbocycles. The molecule has 0 saturated heterocycles. The Hall–Kier alpha value is -3.19. The van der Waals surface area contributed by atoms with Crippen LogP contribution < -0.4 is 9.64 Å². The van der Waals surface area contributed by atoms with Crippen LogP contribution in [0.2, 0.25) is 0 Å². The number of carbonyl (C=O) groups is 2. The first-order chi connectivity index (χ1) is 16.2. The summed E-state index contributed by atoms with van der Waals surface area (Å²) in [5.41, 5.74) is 2.17. The Labute approximate surface area is 195 Å². The predicted molar refractivity (Wildman–Crippen MR) is 126 cm³/mol. The van der Waals surface area contributed by atoms with Gasteiger partial charge in [-0.25, -0.2) is 4.98 Å². The van der Waals surface area contributed by atoms with E-state index >= 15 is 0 Å². The second-order valence-electron chi connectivity index (χ2n) is 8.70. The highest BCUT2D eigenvalue weighted by molar-refractivity contribution is 7.22. The number of amides is 1. The quantitative estimate of drug-likeness (QED) is 0.536. The van der Waals surface area contributed by atoms with Crippen LogP contribution in [0.25, 0.3) is 10.2 Å². The molecule has 0 radical (unpaired) electrons. The van der Waals surface area contributed by atoms with Gasteiger partial charge in [-0.1, -0.05) is 48.1 Å². The normalized spacial score (nSPS) is 24.6. The SMILES string of the molecule is CCOc1ccc2nc(N3C(=O)C4=C(C(=O)C5CCCCC5O4)C3c3ccccc3)sc2c1. The van der Waals surface area contributed by atoms with Crippen LogP contribution in [0.5, 0.6) is 5.75 Å². The number of nitrogens with zero attached hydrogens (tertiary/aromatic N) is 2. The molecule has 1 aromatic heterocycles. The topological polar surface area (TPSA) is 68.7 Å². The summed E-state index contributed by atoms with van der Waals surface area (Å²) in [6.07, 6.45) is 3.48. The molecule has 0 spiro atoms. The summed E-state index contributed by atoms with van der Waals surface area (Å²) < 4.78 is 12.8. The van der Waals surface area contributed by atoms with Crippen molar-refractivity contribution in [2.75, 3.05) is 11.5 Å². The first-order valence-corrected chi connectivity index (χ1v) is 12.3. The fraction of sp³-hybridized carbons (Fsp3) is 0.346. The number of hydrogen-bond acceptors (Lipinski definition) is 6. The molecule has 2 aromatic carbocycles. The van der Waals surface area contributed by atoms with E-state index in [0.717, 1.165) is 47.2 Å². The lowest BCUT2D eigenvalue weighted by Crippen LogP contribution is -2.39. The van der Waals surface area contributed by atoms with Gasteiger partial charge < -0.3 is 9.47 Å². The lowest BCUT2D eigenvalue weighted by atomic mass is 9.77. The van der Waals surface area contributed by atoms with Crippen molar-refractivity contribution in [3.8, 4) is 5.75 Å². The third-order valence-corrected chi connectivity index (χ3v) is 7.76. The molecule has 1 amide bonds. The first kappa shape index (κ1) is 20.4. The number of thiazole rings is 1. The van der Waals surface area contributed by atoms with Crippen molar-refractivity contribution in [2.45, 2.75) is 44.8 Å². The summed E-state index contributed by atoms with van der Waals surface area (Å²) >= 11 is 1.43. The van der Waals surface area contributed by atoms with E-state index in [9.17, 15) is 9.59 Å². The molecule has 0 bridgehead atoms. The number of aromatic nitrogens is 1. The van der Waals surface area contributed by atoms with Crippen LogP contribution in [0.1, 0.15) is 44.2 Å². The van der Waals surface area contributed by atoms with E-state index in [1.165, 1.54) is 11.3 Å². The second-order valence-corrected chi connectivity index (χ2v) is 9.71. The highest BCUT2D eigenvalue weighted by Gasteiger charge is 2.53. The van der Waals surface area contributed by atoms with Crippen LogP contribution in [0, 0.1) is 5.92 Å². The van der Waals surface area contributed by atoms with E-state index in [1.807, 2.05) is 55.5 Å². The monoisotopic (exact) mass is 460 g/mol. The molecule has 3 aliphatic rings. The molecule has 2 aliphatic heterocycles. The maximum atomic E-state index is 13.7. The van der Waals surface area contributed by atoms with Gasteiger partial charge in [0.05, 0.1) is 34.4 Å². The number of fused-ring (bicyclic) bond motifs is 2. The summed E-state index contributed by atoms with van der Waals surface area (Å²) in [4.78, 5) is 33.8. The minimum Gasteiger partial charge on any atom is -0.494 e. The molecule has 33 heavy (non-hydrogen) atoms. The molecule has 6 nitrogen and oxygen atoms in total. The largest absolute Gasteiger partial charge is 0.494 e. The molecular formula is C26H24N2O4S. The number of Topliss-reactive ketones (excluding diaryl/α,β-unsaturated/α-hetero) is 1. The van der Waals surface area contributed by atoms with Crippen LogP contribution in [-0.4, -0.2) is 29.4 Å².